The molecule has 0 aromatic carbocycles. The molecule has 1 saturated heterocycles. The normalized spacial score (nSPS) is 25.8. The molecule has 0 bridgehead atoms. The lowest BCUT2D eigenvalue weighted by atomic mass is 10.1. The van der Waals surface area contributed by atoms with Crippen LogP contribution in [0.15, 0.2) is 0 Å². The maximum atomic E-state index is 10.9. The van der Waals surface area contributed by atoms with Crippen LogP contribution in [0.1, 0.15) is 12.8 Å². The van der Waals surface area contributed by atoms with Gasteiger partial charge in [0.25, 0.3) is 0 Å². The van der Waals surface area contributed by atoms with Gasteiger partial charge in [0.1, 0.15) is 19.3 Å². The van der Waals surface area contributed by atoms with Crippen LogP contribution in [0.2, 0.25) is 0 Å². The number of methoxy groups -OCH3 is 1. The monoisotopic (exact) mass is 202 g/mol. The molecule has 1 aliphatic rings. The molecule has 0 radical (unpaired) electrons. The largest absolute Gasteiger partial charge is 0.467 e. The van der Waals surface area contributed by atoms with Crippen molar-refractivity contribution >= 4 is 5.97 Å². The summed E-state index contributed by atoms with van der Waals surface area (Å²) in [4.78, 5) is 10.9. The van der Waals surface area contributed by atoms with Crippen molar-refractivity contribution in [3.63, 3.8) is 0 Å². The number of carbonyl (C=O) groups excluding carboxylic acids is 1. The van der Waals surface area contributed by atoms with Gasteiger partial charge >= 0.3 is 5.97 Å². The lowest BCUT2D eigenvalue weighted by Crippen LogP contribution is -2.50. The molecule has 1 atom stereocenters. The van der Waals surface area contributed by atoms with Crippen LogP contribution in [-0.2, 0) is 14.3 Å². The zero-order chi connectivity index (χ0) is 10.6. The molecule has 0 N–H and O–H groups in total. The van der Waals surface area contributed by atoms with Gasteiger partial charge in [-0.2, -0.15) is 0 Å². The molecule has 1 fully saturated rings. The summed E-state index contributed by atoms with van der Waals surface area (Å²) in [6, 6.07) is 0. The van der Waals surface area contributed by atoms with Crippen molar-refractivity contribution in [2.45, 2.75) is 18.9 Å². The fourth-order valence-corrected chi connectivity index (χ4v) is 1.86. The molecule has 4 nitrogen and oxygen atoms in total. The summed E-state index contributed by atoms with van der Waals surface area (Å²) in [6.07, 6.45) is 2.43. The molecule has 1 unspecified atom stereocenters. The van der Waals surface area contributed by atoms with Gasteiger partial charge in [-0.3, -0.25) is 0 Å². The van der Waals surface area contributed by atoms with Crippen LogP contribution in [0.25, 0.3) is 0 Å². The van der Waals surface area contributed by atoms with Gasteiger partial charge in [0.05, 0.1) is 27.7 Å². The Morgan fingerprint density at radius 2 is 2.21 bits per heavy atom. The quantitative estimate of drug-likeness (QED) is 0.491. The third-order valence-electron chi connectivity index (χ3n) is 2.65. The molecule has 1 heterocycles. The summed E-state index contributed by atoms with van der Waals surface area (Å²) in [5.41, 5.74) is 0. The molecule has 0 aromatic heterocycles. The topological polar surface area (TPSA) is 35.5 Å². The molecule has 0 amide bonds. The summed E-state index contributed by atoms with van der Waals surface area (Å²) in [5, 5.41) is 0. The summed E-state index contributed by atoms with van der Waals surface area (Å²) >= 11 is 0. The average molecular weight is 202 g/mol. The number of rotatable bonds is 3. The van der Waals surface area contributed by atoms with Gasteiger partial charge in [0.2, 0.25) is 0 Å². The third-order valence-corrected chi connectivity index (χ3v) is 2.65. The highest BCUT2D eigenvalue weighted by atomic mass is 16.6. The molecular formula is C10H20NO3+. The maximum Gasteiger partial charge on any atom is 0.331 e. The minimum absolute atomic E-state index is 0.0845. The number of likely N-dealkylation sites (N-methyl/N-ethyl adjacent to an activating group) is 1. The Morgan fingerprint density at radius 3 is 2.79 bits per heavy atom. The van der Waals surface area contributed by atoms with Crippen molar-refractivity contribution in [2.24, 2.45) is 0 Å². The molecule has 0 aliphatic carbocycles. The molecule has 82 valence electrons. The van der Waals surface area contributed by atoms with Crippen molar-refractivity contribution in [2.75, 3.05) is 40.9 Å². The lowest BCUT2D eigenvalue weighted by Gasteiger charge is -2.37. The highest BCUT2D eigenvalue weighted by Gasteiger charge is 2.28. The van der Waals surface area contributed by atoms with Crippen LogP contribution in [0, 0.1) is 0 Å². The minimum Gasteiger partial charge on any atom is -0.467 e. The average Bonchev–Trinajstić information content (AvgIpc) is 2.12. The van der Waals surface area contributed by atoms with E-state index in [-0.39, 0.29) is 18.7 Å². The van der Waals surface area contributed by atoms with E-state index in [0.29, 0.717) is 0 Å². The predicted octanol–water partition coefficient (Wildman–Crippen LogP) is 0.415. The van der Waals surface area contributed by atoms with Gasteiger partial charge in [-0.25, -0.2) is 4.79 Å². The Morgan fingerprint density at radius 1 is 1.50 bits per heavy atom. The first-order chi connectivity index (χ1) is 6.53. The maximum absolute atomic E-state index is 10.9. The minimum atomic E-state index is -0.291. The zero-order valence-electron chi connectivity index (χ0n) is 9.28. The Bertz CT molecular complexity index is 204. The van der Waals surface area contributed by atoms with Crippen molar-refractivity contribution in [3.05, 3.63) is 0 Å². The van der Waals surface area contributed by atoms with Crippen molar-refractivity contribution < 1.29 is 18.8 Å². The summed E-state index contributed by atoms with van der Waals surface area (Å²) in [5.74, 6) is -0.291. The van der Waals surface area contributed by atoms with Gasteiger partial charge in [0, 0.05) is 0 Å². The fourth-order valence-electron chi connectivity index (χ4n) is 1.86. The summed E-state index contributed by atoms with van der Waals surface area (Å²) in [7, 11) is 5.76. The van der Waals surface area contributed by atoms with Crippen molar-refractivity contribution in [1.82, 2.24) is 0 Å². The number of esters is 1. The Labute approximate surface area is 85.4 Å². The molecule has 14 heavy (non-hydrogen) atoms. The summed E-state index contributed by atoms with van der Waals surface area (Å²) in [6.45, 7) is 2.26. The van der Waals surface area contributed by atoms with E-state index < -0.39 is 0 Å². The first kappa shape index (κ1) is 11.5. The number of likely N-dealkylation sites (tertiary alicyclic amines) is 1. The molecule has 4 heteroatoms. The van der Waals surface area contributed by atoms with Gasteiger partial charge in [0.15, 0.2) is 0 Å². The number of nitrogens with zero attached hydrogens (tertiary/aromatic N) is 1. The zero-order valence-corrected chi connectivity index (χ0v) is 9.28. The first-order valence-corrected chi connectivity index (χ1v) is 5.04. The lowest BCUT2D eigenvalue weighted by molar-refractivity contribution is -0.898. The number of carbonyl (C=O) groups is 1. The summed E-state index contributed by atoms with van der Waals surface area (Å²) < 4.78 is 11.0. The van der Waals surface area contributed by atoms with Crippen LogP contribution in [0.4, 0.5) is 0 Å². The van der Waals surface area contributed by atoms with Gasteiger partial charge in [-0.1, -0.05) is 0 Å². The van der Waals surface area contributed by atoms with Crippen LogP contribution in [-0.4, -0.2) is 57.5 Å². The SMILES string of the molecule is COC(=O)COC1CCC[N+](C)(C)C1. The van der Waals surface area contributed by atoms with E-state index in [0.717, 1.165) is 17.4 Å². The van der Waals surface area contributed by atoms with Crippen LogP contribution in [0.3, 0.4) is 0 Å². The number of ether oxygens (including phenoxy) is 2. The van der Waals surface area contributed by atoms with E-state index in [1.165, 1.54) is 20.1 Å². The highest BCUT2D eigenvalue weighted by Crippen LogP contribution is 2.16. The van der Waals surface area contributed by atoms with E-state index in [4.69, 9.17) is 4.74 Å². The van der Waals surface area contributed by atoms with Crippen LogP contribution in [0.5, 0.6) is 0 Å². The van der Waals surface area contributed by atoms with E-state index in [1.807, 2.05) is 0 Å². The standard InChI is InChI=1S/C10H20NO3/c1-11(2)6-4-5-9(7-11)14-8-10(12)13-3/h9H,4-8H2,1-3H3/q+1. The van der Waals surface area contributed by atoms with Crippen LogP contribution < -0.4 is 0 Å². The van der Waals surface area contributed by atoms with Crippen LogP contribution >= 0.6 is 0 Å². The molecule has 0 spiro atoms. The smallest absolute Gasteiger partial charge is 0.331 e. The first-order valence-electron chi connectivity index (χ1n) is 5.04. The molecular weight excluding hydrogens is 182 g/mol. The molecule has 0 saturated carbocycles. The van der Waals surface area contributed by atoms with E-state index in [1.54, 1.807) is 0 Å². The number of hydrogen-bond donors (Lipinski definition) is 0. The molecule has 1 rings (SSSR count). The number of piperidine rings is 1. The van der Waals surface area contributed by atoms with E-state index in [2.05, 4.69) is 18.8 Å². The van der Waals surface area contributed by atoms with E-state index in [9.17, 15) is 4.79 Å². The third kappa shape index (κ3) is 3.64. The van der Waals surface area contributed by atoms with E-state index >= 15 is 0 Å². The van der Waals surface area contributed by atoms with Gasteiger partial charge < -0.3 is 14.0 Å². The molecule has 1 aliphatic heterocycles. The predicted molar refractivity (Wildman–Crippen MR) is 52.8 cm³/mol. The second-order valence-corrected chi connectivity index (χ2v) is 4.49. The Hall–Kier alpha value is -0.610. The Balaban J connectivity index is 2.28. The Kier molecular flexibility index (Phi) is 3.89. The fraction of sp³-hybridized carbons (Fsp3) is 0.900. The highest BCUT2D eigenvalue weighted by molar-refractivity contribution is 5.70. The second-order valence-electron chi connectivity index (χ2n) is 4.49. The van der Waals surface area contributed by atoms with Gasteiger partial charge in [-0.05, 0) is 12.8 Å². The van der Waals surface area contributed by atoms with Crippen molar-refractivity contribution in [1.29, 1.82) is 0 Å². The molecule has 0 aromatic rings. The number of hydrogen-bond acceptors (Lipinski definition) is 3. The van der Waals surface area contributed by atoms with Crippen molar-refractivity contribution in [3.8, 4) is 0 Å². The second kappa shape index (κ2) is 4.75. The van der Waals surface area contributed by atoms with Gasteiger partial charge in [-0.15, -0.1) is 0 Å². The number of quaternary nitrogens is 1.